The molecule has 19 heteroatoms. The van der Waals surface area contributed by atoms with Gasteiger partial charge in [-0.2, -0.15) is 0 Å². The van der Waals surface area contributed by atoms with Crippen molar-refractivity contribution in [2.45, 2.75) is 291 Å². The lowest BCUT2D eigenvalue weighted by Crippen LogP contribution is -2.41. The summed E-state index contributed by atoms with van der Waals surface area (Å²) in [6.07, 6.45) is 18.9. The van der Waals surface area contributed by atoms with E-state index in [0.717, 1.165) is 142 Å². The van der Waals surface area contributed by atoms with Crippen LogP contribution < -0.4 is 4.78 Å². The average molecular weight is 1550 g/mol. The number of aliphatic carboxylic acids is 1. The fourth-order valence-electron chi connectivity index (χ4n) is 13.0. The summed E-state index contributed by atoms with van der Waals surface area (Å²) in [5, 5.41) is 10.1. The molecular weight excluding hydrogens is 1430 g/mol. The summed E-state index contributed by atoms with van der Waals surface area (Å²) in [4.78, 5) is 57.2. The topological polar surface area (TPSA) is 175 Å². The number of hydrogen-bond acceptors (Lipinski definition) is 16. The van der Waals surface area contributed by atoms with Crippen LogP contribution in [0.2, 0.25) is 0 Å². The molecule has 0 saturated carbocycles. The zero-order chi connectivity index (χ0) is 77.6. The first-order chi connectivity index (χ1) is 48.1. The highest BCUT2D eigenvalue weighted by Crippen LogP contribution is 2.52. The van der Waals surface area contributed by atoms with Crippen LogP contribution in [0.5, 0.6) is 0 Å². The monoisotopic (exact) mass is 1540 g/mol. The summed E-state index contributed by atoms with van der Waals surface area (Å²) in [5.41, 5.74) is 13.3. The van der Waals surface area contributed by atoms with Crippen LogP contribution in [0.4, 0.5) is 0 Å². The van der Waals surface area contributed by atoms with Gasteiger partial charge in [0.15, 0.2) is 18.3 Å². The first kappa shape index (κ1) is 85.8. The molecule has 3 aliphatic carbocycles. The second-order valence-corrected chi connectivity index (χ2v) is 39.0. The Morgan fingerprint density at radius 1 is 0.510 bits per heavy atom. The third kappa shape index (κ3) is 22.8. The Labute approximate surface area is 643 Å². The van der Waals surface area contributed by atoms with Crippen molar-refractivity contribution in [2.75, 3.05) is 13.2 Å². The molecule has 1 N–H and O–H groups in total. The van der Waals surface area contributed by atoms with E-state index in [4.69, 9.17) is 33.0 Å². The minimum atomic E-state index is -1.01. The molecular formula is C85H119BBrN3O11S3. The minimum absolute atomic E-state index is 0.266. The largest absolute Gasteiger partial charge is 0.506 e. The van der Waals surface area contributed by atoms with Crippen molar-refractivity contribution in [1.29, 1.82) is 0 Å². The van der Waals surface area contributed by atoms with Crippen molar-refractivity contribution >= 4 is 96.5 Å². The summed E-state index contributed by atoms with van der Waals surface area (Å²) >= 11 is 8.21. The summed E-state index contributed by atoms with van der Waals surface area (Å²) in [6.45, 7) is 56.2. The molecule has 104 heavy (non-hydrogen) atoms. The van der Waals surface area contributed by atoms with Gasteiger partial charge in [0.05, 0.1) is 62.4 Å². The number of aromatic nitrogens is 3. The van der Waals surface area contributed by atoms with Crippen LogP contribution in [0, 0.1) is 57.8 Å². The van der Waals surface area contributed by atoms with Crippen LogP contribution in [0.15, 0.2) is 77.8 Å². The third-order valence-corrected chi connectivity index (χ3v) is 23.2. The van der Waals surface area contributed by atoms with E-state index in [0.29, 0.717) is 18.6 Å². The van der Waals surface area contributed by atoms with Crippen molar-refractivity contribution < 1.29 is 52.5 Å². The number of rotatable bonds is 17. The number of carbonyl (C=O) groups excluding carboxylic acids is 2. The van der Waals surface area contributed by atoms with Gasteiger partial charge in [-0.15, -0.1) is 34.0 Å². The van der Waals surface area contributed by atoms with E-state index in [1.807, 2.05) is 127 Å². The van der Waals surface area contributed by atoms with Gasteiger partial charge in [-0.05, 0) is 311 Å². The van der Waals surface area contributed by atoms with Gasteiger partial charge in [0.1, 0.15) is 4.60 Å². The zero-order valence-corrected chi connectivity index (χ0v) is 71.5. The van der Waals surface area contributed by atoms with Gasteiger partial charge in [-0.3, -0.25) is 9.97 Å². The van der Waals surface area contributed by atoms with Crippen LogP contribution >= 0.6 is 49.9 Å². The molecule has 1 saturated heterocycles. The molecule has 568 valence electrons. The second kappa shape index (κ2) is 34.4. The number of nitrogens with zero attached hydrogens (tertiary/aromatic N) is 3. The van der Waals surface area contributed by atoms with Gasteiger partial charge in [-0.25, -0.2) is 19.4 Å². The molecule has 6 aromatic rings. The molecule has 0 radical (unpaired) electrons. The van der Waals surface area contributed by atoms with Crippen molar-refractivity contribution in [1.82, 2.24) is 15.0 Å². The molecule has 6 aromatic heterocycles. The zero-order valence-electron chi connectivity index (χ0n) is 67.5. The van der Waals surface area contributed by atoms with E-state index in [-0.39, 0.29) is 22.8 Å². The molecule has 3 unspecified atom stereocenters. The fraction of sp³-hybridized carbons (Fsp3) is 0.576. The second-order valence-electron chi connectivity index (χ2n) is 34.5. The molecule has 3 atom stereocenters. The standard InChI is InChI=1S/C27H43BO5S.C27H37NO3S.C25H33NO3S.C6H6BrN/c1-12-30-23(29)21(31-24(3,4)5)19-17(2)34-22(28-32-26(8,9)27(10,11)33-28)20(19)18-13-15-25(6,7)16-14-18;1-9-30-25(29)23(31-26(4,5)6)21-18(3)32-24(20-16-17(2)12-15-28-20)22(21)19-10-13-27(7,8)14-11-19;1-15-10-13-26-18(14-15)22-20(17-8-11-25(6,7)12-9-17)19(16(2)30-22)21(23(27)28)29-24(3,4)5;1-5-2-3-8-6(7)4-5/h13,21H,12,14-16H2,1-11H3;10,12,15-16,23H,9,11,13-14H2,1-8H3;8,10,13-14,21H,9,11-12H2,1-7H3,(H,27,28);2-4H,1H3. The number of esters is 2. The number of pyridine rings is 3. The summed E-state index contributed by atoms with van der Waals surface area (Å²) in [7, 11) is -0.495. The van der Waals surface area contributed by atoms with Crippen LogP contribution in [-0.2, 0) is 47.4 Å². The molecule has 0 aromatic carbocycles. The Morgan fingerprint density at radius 3 is 1.14 bits per heavy atom. The molecule has 14 nitrogen and oxygen atoms in total. The quantitative estimate of drug-likeness (QED) is 0.0519. The van der Waals surface area contributed by atoms with Crippen LogP contribution in [0.3, 0.4) is 0 Å². The number of aryl methyl sites for hydroxylation is 6. The van der Waals surface area contributed by atoms with E-state index >= 15 is 0 Å². The number of thiophene rings is 3. The number of halogens is 1. The van der Waals surface area contributed by atoms with Gasteiger partial charge in [-0.1, -0.05) is 59.8 Å². The summed E-state index contributed by atoms with van der Waals surface area (Å²) < 4.78 is 44.6. The maximum atomic E-state index is 13.2. The molecule has 4 aliphatic rings. The smallest absolute Gasteiger partial charge is 0.479 e. The van der Waals surface area contributed by atoms with Gasteiger partial charge < -0.3 is 38.1 Å². The number of carboxylic acids is 1. The molecule has 0 amide bonds. The third-order valence-electron chi connectivity index (χ3n) is 19.4. The Balaban J connectivity index is 0.000000207. The number of ether oxygens (including phenoxy) is 5. The molecule has 1 fully saturated rings. The highest BCUT2D eigenvalue weighted by atomic mass is 79.9. The van der Waals surface area contributed by atoms with Crippen molar-refractivity contribution in [3.63, 3.8) is 0 Å². The number of carboxylic acid groups (broad SMARTS) is 1. The Morgan fingerprint density at radius 2 is 0.837 bits per heavy atom. The first-order valence-electron chi connectivity index (χ1n) is 36.9. The lowest BCUT2D eigenvalue weighted by Gasteiger charge is -2.32. The van der Waals surface area contributed by atoms with Crippen molar-refractivity contribution in [3.05, 3.63) is 143 Å². The van der Waals surface area contributed by atoms with Crippen LogP contribution in [0.1, 0.15) is 286 Å². The highest BCUT2D eigenvalue weighted by molar-refractivity contribution is 9.10. The van der Waals surface area contributed by atoms with Gasteiger partial charge >= 0.3 is 25.0 Å². The van der Waals surface area contributed by atoms with Gasteiger partial charge in [0.25, 0.3) is 0 Å². The van der Waals surface area contributed by atoms with E-state index < -0.39 is 59.4 Å². The summed E-state index contributed by atoms with van der Waals surface area (Å²) in [5.74, 6) is -1.63. The van der Waals surface area contributed by atoms with E-state index in [9.17, 15) is 19.5 Å². The minimum Gasteiger partial charge on any atom is -0.479 e. The van der Waals surface area contributed by atoms with Crippen molar-refractivity contribution in [3.8, 4) is 21.1 Å². The Kier molecular flexibility index (Phi) is 28.4. The molecule has 0 bridgehead atoms. The number of carbonyl (C=O) groups is 3. The first-order valence-corrected chi connectivity index (χ1v) is 40.2. The van der Waals surface area contributed by atoms with Gasteiger partial charge in [0, 0.05) is 65.8 Å². The Bertz CT molecular complexity index is 4080. The fourth-order valence-corrected chi connectivity index (χ4v) is 17.0. The van der Waals surface area contributed by atoms with E-state index in [1.54, 1.807) is 40.2 Å². The predicted octanol–water partition coefficient (Wildman–Crippen LogP) is 22.9. The van der Waals surface area contributed by atoms with Gasteiger partial charge in [0.2, 0.25) is 0 Å². The average Bonchev–Trinajstić information content (AvgIpc) is 1.59. The van der Waals surface area contributed by atoms with Crippen LogP contribution in [0.25, 0.3) is 37.9 Å². The number of allylic oxidation sites excluding steroid dienone is 6. The Hall–Kier alpha value is -5.48. The molecule has 10 rings (SSSR count). The number of hydrogen-bond donors (Lipinski definition) is 1. The molecule has 7 heterocycles. The maximum absolute atomic E-state index is 13.2. The highest BCUT2D eigenvalue weighted by Gasteiger charge is 2.54. The molecule has 0 spiro atoms. The maximum Gasteiger partial charge on any atom is 0.506 e. The predicted molar refractivity (Wildman–Crippen MR) is 434 cm³/mol. The van der Waals surface area contributed by atoms with Crippen LogP contribution in [-0.4, -0.2) is 86.3 Å². The lowest BCUT2D eigenvalue weighted by atomic mass is 9.73. The van der Waals surface area contributed by atoms with Crippen molar-refractivity contribution in [2.24, 2.45) is 16.2 Å². The normalized spacial score (nSPS) is 18.3. The van der Waals surface area contributed by atoms with E-state index in [2.05, 4.69) is 158 Å². The lowest BCUT2D eigenvalue weighted by molar-refractivity contribution is -0.167. The van der Waals surface area contributed by atoms with E-state index in [1.165, 1.54) is 27.8 Å². The summed E-state index contributed by atoms with van der Waals surface area (Å²) in [6, 6.07) is 12.1. The molecule has 1 aliphatic heterocycles. The SMILES string of the molecule is CCOC(=O)C(OC(C)(C)C)c1c(C)sc(-c2cc(C)ccn2)c1C1=CCC(C)(C)CC1.CCOC(=O)C(OC(C)(C)C)c1c(C)sc(B2OC(C)(C)C(C)(C)O2)c1C1=CCC(C)(C)CC1.Cc1ccnc(-c2sc(C)c(C(OC(C)(C)C)C(=O)O)c2C2=CCC(C)(C)CC2)c1.Cc1ccnc(Br)c1.